The van der Waals surface area contributed by atoms with Gasteiger partial charge in [0.15, 0.2) is 0 Å². The SMILES string of the molecule is CC1(C)c2cc(-c3ccc(N(c4ccc(-c5ccccc5)cc4)c4ccc5sc6ccccc6c5c4)cc3)ccc2-c2oc3ccccc3c21. The van der Waals surface area contributed by atoms with Crippen LogP contribution in [0, 0.1) is 0 Å². The smallest absolute Gasteiger partial charge is 0.139 e. The van der Waals surface area contributed by atoms with Crippen molar-refractivity contribution in [2.24, 2.45) is 0 Å². The molecule has 0 saturated carbocycles. The van der Waals surface area contributed by atoms with E-state index in [2.05, 4.69) is 176 Å². The first-order chi connectivity index (χ1) is 24.5. The van der Waals surface area contributed by atoms with Gasteiger partial charge in [0.05, 0.1) is 0 Å². The lowest BCUT2D eigenvalue weighted by Gasteiger charge is -2.26. The highest BCUT2D eigenvalue weighted by Gasteiger charge is 2.40. The van der Waals surface area contributed by atoms with E-state index in [4.69, 9.17) is 4.42 Å². The molecule has 0 amide bonds. The molecule has 3 heteroatoms. The summed E-state index contributed by atoms with van der Waals surface area (Å²) in [5.41, 5.74) is 12.8. The largest absolute Gasteiger partial charge is 0.456 e. The molecule has 10 rings (SSSR count). The summed E-state index contributed by atoms with van der Waals surface area (Å²) in [6.07, 6.45) is 0. The second-order valence-electron chi connectivity index (χ2n) is 13.8. The van der Waals surface area contributed by atoms with E-state index in [1.54, 1.807) is 0 Å². The Labute approximate surface area is 295 Å². The molecule has 2 nitrogen and oxygen atoms in total. The normalized spacial score (nSPS) is 13.2. The monoisotopic (exact) mass is 659 g/mol. The molecule has 0 fully saturated rings. The van der Waals surface area contributed by atoms with Crippen molar-refractivity contribution in [1.82, 2.24) is 0 Å². The maximum absolute atomic E-state index is 6.42. The minimum atomic E-state index is -0.152. The summed E-state index contributed by atoms with van der Waals surface area (Å²) in [4.78, 5) is 2.37. The second-order valence-corrected chi connectivity index (χ2v) is 14.8. The van der Waals surface area contributed by atoms with Gasteiger partial charge in [-0.05, 0) is 88.5 Å². The third kappa shape index (κ3) is 4.47. The lowest BCUT2D eigenvalue weighted by atomic mass is 9.80. The average Bonchev–Trinajstić information content (AvgIpc) is 3.81. The zero-order chi connectivity index (χ0) is 33.4. The molecule has 1 aliphatic carbocycles. The highest BCUT2D eigenvalue weighted by molar-refractivity contribution is 7.25. The maximum Gasteiger partial charge on any atom is 0.139 e. The van der Waals surface area contributed by atoms with Gasteiger partial charge < -0.3 is 9.32 Å². The van der Waals surface area contributed by atoms with Gasteiger partial charge in [0.1, 0.15) is 11.3 Å². The molecule has 0 radical (unpaired) electrons. The van der Waals surface area contributed by atoms with Gasteiger partial charge in [0.2, 0.25) is 0 Å². The maximum atomic E-state index is 6.42. The first-order valence-corrected chi connectivity index (χ1v) is 18.0. The molecule has 7 aromatic carbocycles. The van der Waals surface area contributed by atoms with Crippen LogP contribution in [-0.2, 0) is 5.41 Å². The molecule has 0 bridgehead atoms. The quantitative estimate of drug-likeness (QED) is 0.183. The zero-order valence-corrected chi connectivity index (χ0v) is 28.7. The lowest BCUT2D eigenvalue weighted by molar-refractivity contribution is 0.619. The summed E-state index contributed by atoms with van der Waals surface area (Å²) in [6, 6.07) is 59.4. The van der Waals surface area contributed by atoms with E-state index < -0.39 is 0 Å². The van der Waals surface area contributed by atoms with Crippen LogP contribution >= 0.6 is 11.3 Å². The van der Waals surface area contributed by atoms with Crippen LogP contribution in [0.2, 0.25) is 0 Å². The molecule has 2 heterocycles. The number of hydrogen-bond donors (Lipinski definition) is 0. The summed E-state index contributed by atoms with van der Waals surface area (Å²) >= 11 is 1.85. The molecule has 1 aliphatic rings. The van der Waals surface area contributed by atoms with Crippen molar-refractivity contribution in [3.05, 3.63) is 175 Å². The molecule has 0 unspecified atom stereocenters. The van der Waals surface area contributed by atoms with Gasteiger partial charge in [0, 0.05) is 59.2 Å². The number of rotatable bonds is 5. The average molecular weight is 660 g/mol. The zero-order valence-electron chi connectivity index (χ0n) is 27.9. The molecule has 0 spiro atoms. The van der Waals surface area contributed by atoms with E-state index in [1.807, 2.05) is 17.4 Å². The summed E-state index contributed by atoms with van der Waals surface area (Å²) in [7, 11) is 0. The van der Waals surface area contributed by atoms with Crippen LogP contribution in [0.1, 0.15) is 25.0 Å². The number of anilines is 3. The molecule has 238 valence electrons. The molecular formula is C47H33NOS. The fourth-order valence-corrected chi connectivity index (χ4v) is 9.05. The number of fused-ring (bicyclic) bond motifs is 8. The molecule has 9 aromatic rings. The predicted molar refractivity (Wildman–Crippen MR) is 212 cm³/mol. The number of nitrogens with zero attached hydrogens (tertiary/aromatic N) is 1. The molecule has 50 heavy (non-hydrogen) atoms. The Bertz CT molecular complexity index is 2710. The highest BCUT2D eigenvalue weighted by atomic mass is 32.1. The Morgan fingerprint density at radius 1 is 0.480 bits per heavy atom. The number of benzene rings is 7. The standard InChI is InChI=1S/C47H33NOS/c1-47(2)41-28-33(20-26-38(41)46-45(47)39-13-6-8-14-42(39)49-46)32-18-23-35(24-19-32)48(34-21-16-31(17-22-34)30-10-4-3-5-11-30)36-25-27-44-40(29-36)37-12-7-9-15-43(37)50-44/h3-29H,1-2H3. The Morgan fingerprint density at radius 2 is 1.06 bits per heavy atom. The van der Waals surface area contributed by atoms with Crippen LogP contribution in [0.25, 0.3) is 64.7 Å². The topological polar surface area (TPSA) is 16.4 Å². The number of furan rings is 1. The predicted octanol–water partition coefficient (Wildman–Crippen LogP) is 13.9. The van der Waals surface area contributed by atoms with E-state index in [1.165, 1.54) is 64.5 Å². The second kappa shape index (κ2) is 11.1. The van der Waals surface area contributed by atoms with Crippen LogP contribution < -0.4 is 4.90 Å². The van der Waals surface area contributed by atoms with E-state index in [0.29, 0.717) is 0 Å². The van der Waals surface area contributed by atoms with Gasteiger partial charge in [-0.25, -0.2) is 0 Å². The third-order valence-electron chi connectivity index (χ3n) is 10.5. The Kier molecular flexibility index (Phi) is 6.43. The molecule has 0 aliphatic heterocycles. The summed E-state index contributed by atoms with van der Waals surface area (Å²) in [5, 5.41) is 3.80. The molecule has 2 aromatic heterocycles. The summed E-state index contributed by atoms with van der Waals surface area (Å²) < 4.78 is 9.04. The van der Waals surface area contributed by atoms with Crippen LogP contribution in [0.15, 0.2) is 168 Å². The lowest BCUT2D eigenvalue weighted by Crippen LogP contribution is -2.15. The van der Waals surface area contributed by atoms with E-state index in [0.717, 1.165) is 28.4 Å². The Balaban J connectivity index is 1.05. The van der Waals surface area contributed by atoms with Crippen molar-refractivity contribution in [2.75, 3.05) is 4.90 Å². The van der Waals surface area contributed by atoms with E-state index in [9.17, 15) is 0 Å². The van der Waals surface area contributed by atoms with Gasteiger partial charge in [-0.3, -0.25) is 0 Å². The number of hydrogen-bond acceptors (Lipinski definition) is 3. The minimum absolute atomic E-state index is 0.152. The first-order valence-electron chi connectivity index (χ1n) is 17.2. The van der Waals surface area contributed by atoms with Crippen LogP contribution in [0.3, 0.4) is 0 Å². The van der Waals surface area contributed by atoms with E-state index >= 15 is 0 Å². The van der Waals surface area contributed by atoms with Crippen molar-refractivity contribution in [3.8, 4) is 33.6 Å². The molecule has 0 N–H and O–H groups in total. The Morgan fingerprint density at radius 3 is 1.82 bits per heavy atom. The van der Waals surface area contributed by atoms with E-state index in [-0.39, 0.29) is 5.41 Å². The van der Waals surface area contributed by atoms with Crippen molar-refractivity contribution in [1.29, 1.82) is 0 Å². The van der Waals surface area contributed by atoms with Crippen LogP contribution in [0.5, 0.6) is 0 Å². The molecule has 0 saturated heterocycles. The summed E-state index contributed by atoms with van der Waals surface area (Å²) in [6.45, 7) is 4.64. The minimum Gasteiger partial charge on any atom is -0.456 e. The van der Waals surface area contributed by atoms with Gasteiger partial charge in [-0.1, -0.05) is 117 Å². The molecular weight excluding hydrogens is 627 g/mol. The van der Waals surface area contributed by atoms with Gasteiger partial charge in [0.25, 0.3) is 0 Å². The van der Waals surface area contributed by atoms with Crippen molar-refractivity contribution in [2.45, 2.75) is 19.3 Å². The van der Waals surface area contributed by atoms with Crippen LogP contribution in [0.4, 0.5) is 17.1 Å². The van der Waals surface area contributed by atoms with Gasteiger partial charge >= 0.3 is 0 Å². The van der Waals surface area contributed by atoms with Crippen molar-refractivity contribution in [3.63, 3.8) is 0 Å². The molecule has 0 atom stereocenters. The fraction of sp³-hybridized carbons (Fsp3) is 0.0638. The van der Waals surface area contributed by atoms with Crippen molar-refractivity contribution >= 4 is 59.5 Å². The number of thiophene rings is 1. The number of para-hydroxylation sites is 1. The summed E-state index contributed by atoms with van der Waals surface area (Å²) in [5.74, 6) is 1.01. The fourth-order valence-electron chi connectivity index (χ4n) is 7.97. The van der Waals surface area contributed by atoms with Crippen LogP contribution in [-0.4, -0.2) is 0 Å². The van der Waals surface area contributed by atoms with Gasteiger partial charge in [-0.2, -0.15) is 0 Å². The third-order valence-corrected chi connectivity index (χ3v) is 11.6. The highest BCUT2D eigenvalue weighted by Crippen LogP contribution is 2.53. The first kappa shape index (κ1) is 29.1. The Hall–Kier alpha value is -5.90. The van der Waals surface area contributed by atoms with Gasteiger partial charge in [-0.15, -0.1) is 11.3 Å². The van der Waals surface area contributed by atoms with Crippen molar-refractivity contribution < 1.29 is 4.42 Å².